The zero-order valence-corrected chi connectivity index (χ0v) is 7.58. The zero-order valence-electron chi connectivity index (χ0n) is 7.58. The summed E-state index contributed by atoms with van der Waals surface area (Å²) in [7, 11) is 0. The zero-order chi connectivity index (χ0) is 9.26. The van der Waals surface area contributed by atoms with Crippen LogP contribution < -0.4 is 0 Å². The fraction of sp³-hybridized carbons (Fsp3) is 0.273. The Morgan fingerprint density at radius 3 is 2.92 bits per heavy atom. The maximum atomic E-state index is 11.2. The van der Waals surface area contributed by atoms with Gasteiger partial charge < -0.3 is 0 Å². The fourth-order valence-electron chi connectivity index (χ4n) is 1.64. The van der Waals surface area contributed by atoms with Crippen LogP contribution in [-0.2, 0) is 11.2 Å². The number of benzene rings is 1. The van der Waals surface area contributed by atoms with Crippen molar-refractivity contribution in [1.29, 1.82) is 0 Å². The SMILES string of the molecule is CCC1=NC(=O)Cc2ccccc21. The topological polar surface area (TPSA) is 29.4 Å². The number of fused-ring (bicyclic) bond motifs is 1. The Kier molecular flexibility index (Phi) is 1.97. The van der Waals surface area contributed by atoms with E-state index in [1.165, 1.54) is 0 Å². The Morgan fingerprint density at radius 1 is 1.38 bits per heavy atom. The first-order chi connectivity index (χ1) is 6.31. The van der Waals surface area contributed by atoms with Gasteiger partial charge in [-0.25, -0.2) is 4.99 Å². The van der Waals surface area contributed by atoms with E-state index in [4.69, 9.17) is 0 Å². The first kappa shape index (κ1) is 8.17. The van der Waals surface area contributed by atoms with E-state index in [1.807, 2.05) is 31.2 Å². The molecule has 1 heterocycles. The molecule has 66 valence electrons. The monoisotopic (exact) mass is 173 g/mol. The summed E-state index contributed by atoms with van der Waals surface area (Å²) in [6, 6.07) is 7.98. The molecule has 1 aromatic rings. The Bertz CT molecular complexity index is 379. The van der Waals surface area contributed by atoms with Crippen molar-refractivity contribution in [2.24, 2.45) is 4.99 Å². The molecule has 0 saturated carbocycles. The fourth-order valence-corrected chi connectivity index (χ4v) is 1.64. The lowest BCUT2D eigenvalue weighted by Gasteiger charge is -2.13. The smallest absolute Gasteiger partial charge is 0.250 e. The van der Waals surface area contributed by atoms with Gasteiger partial charge in [-0.05, 0) is 17.5 Å². The van der Waals surface area contributed by atoms with Gasteiger partial charge in [0.25, 0.3) is 0 Å². The minimum atomic E-state index is -0.0180. The molecule has 0 radical (unpaired) electrons. The normalized spacial score (nSPS) is 15.2. The van der Waals surface area contributed by atoms with Crippen LogP contribution in [0.5, 0.6) is 0 Å². The lowest BCUT2D eigenvalue weighted by atomic mass is 9.96. The van der Waals surface area contributed by atoms with E-state index in [9.17, 15) is 4.79 Å². The van der Waals surface area contributed by atoms with E-state index in [0.717, 1.165) is 23.3 Å². The van der Waals surface area contributed by atoms with Crippen molar-refractivity contribution >= 4 is 11.6 Å². The summed E-state index contributed by atoms with van der Waals surface area (Å²) < 4.78 is 0. The van der Waals surface area contributed by atoms with E-state index in [0.29, 0.717) is 6.42 Å². The lowest BCUT2D eigenvalue weighted by molar-refractivity contribution is -0.117. The molecule has 2 heteroatoms. The van der Waals surface area contributed by atoms with Gasteiger partial charge in [0.05, 0.1) is 12.1 Å². The highest BCUT2D eigenvalue weighted by atomic mass is 16.1. The number of amides is 1. The van der Waals surface area contributed by atoms with Gasteiger partial charge in [-0.15, -0.1) is 0 Å². The highest BCUT2D eigenvalue weighted by Crippen LogP contribution is 2.17. The van der Waals surface area contributed by atoms with E-state index >= 15 is 0 Å². The minimum Gasteiger partial charge on any atom is -0.272 e. The quantitative estimate of drug-likeness (QED) is 0.638. The predicted octanol–water partition coefficient (Wildman–Crippen LogP) is 1.97. The van der Waals surface area contributed by atoms with Crippen molar-refractivity contribution in [1.82, 2.24) is 0 Å². The van der Waals surface area contributed by atoms with Crippen LogP contribution in [0, 0.1) is 0 Å². The molecule has 1 amide bonds. The maximum Gasteiger partial charge on any atom is 0.250 e. The number of hydrogen-bond acceptors (Lipinski definition) is 1. The summed E-state index contributed by atoms with van der Waals surface area (Å²) in [6.45, 7) is 2.02. The number of hydrogen-bond donors (Lipinski definition) is 0. The molecule has 1 aromatic carbocycles. The Balaban J connectivity index is 2.55. The lowest BCUT2D eigenvalue weighted by Crippen LogP contribution is -2.15. The summed E-state index contributed by atoms with van der Waals surface area (Å²) >= 11 is 0. The third-order valence-corrected chi connectivity index (χ3v) is 2.26. The molecule has 0 spiro atoms. The molecular weight excluding hydrogens is 162 g/mol. The average Bonchev–Trinajstić information content (AvgIpc) is 2.16. The number of nitrogens with zero attached hydrogens (tertiary/aromatic N) is 1. The molecule has 0 bridgehead atoms. The molecule has 0 aromatic heterocycles. The van der Waals surface area contributed by atoms with Crippen LogP contribution in [0.25, 0.3) is 0 Å². The van der Waals surface area contributed by atoms with Gasteiger partial charge in [-0.3, -0.25) is 4.79 Å². The third kappa shape index (κ3) is 1.39. The van der Waals surface area contributed by atoms with Gasteiger partial charge in [0, 0.05) is 0 Å². The molecule has 2 rings (SSSR count). The van der Waals surface area contributed by atoms with Crippen LogP contribution in [0.3, 0.4) is 0 Å². The highest BCUT2D eigenvalue weighted by molar-refractivity contribution is 6.10. The van der Waals surface area contributed by atoms with Gasteiger partial charge in [-0.2, -0.15) is 0 Å². The van der Waals surface area contributed by atoms with E-state index in [-0.39, 0.29) is 5.91 Å². The number of carbonyl (C=O) groups is 1. The van der Waals surface area contributed by atoms with E-state index < -0.39 is 0 Å². The van der Waals surface area contributed by atoms with Crippen molar-refractivity contribution in [2.45, 2.75) is 19.8 Å². The molecule has 0 saturated heterocycles. The number of carbonyl (C=O) groups excluding carboxylic acids is 1. The molecule has 0 aliphatic carbocycles. The van der Waals surface area contributed by atoms with Gasteiger partial charge in [0.2, 0.25) is 5.91 Å². The molecule has 2 nitrogen and oxygen atoms in total. The Hall–Kier alpha value is -1.44. The number of rotatable bonds is 1. The van der Waals surface area contributed by atoms with Crippen LogP contribution in [-0.4, -0.2) is 11.6 Å². The van der Waals surface area contributed by atoms with E-state index in [2.05, 4.69) is 4.99 Å². The van der Waals surface area contributed by atoms with Crippen molar-refractivity contribution in [3.8, 4) is 0 Å². The molecule has 0 atom stereocenters. The number of aliphatic imine (C=N–C) groups is 1. The largest absolute Gasteiger partial charge is 0.272 e. The molecule has 1 aliphatic rings. The summed E-state index contributed by atoms with van der Waals surface area (Å²) in [4.78, 5) is 15.2. The highest BCUT2D eigenvalue weighted by Gasteiger charge is 2.16. The van der Waals surface area contributed by atoms with Crippen LogP contribution in [0.2, 0.25) is 0 Å². The molecule has 0 N–H and O–H groups in total. The van der Waals surface area contributed by atoms with Crippen molar-refractivity contribution in [3.63, 3.8) is 0 Å². The van der Waals surface area contributed by atoms with Gasteiger partial charge in [-0.1, -0.05) is 31.2 Å². The Morgan fingerprint density at radius 2 is 2.15 bits per heavy atom. The second-order valence-electron chi connectivity index (χ2n) is 3.14. The molecule has 0 unspecified atom stereocenters. The standard InChI is InChI=1S/C11H11NO/c1-2-10-9-6-4-3-5-8(9)7-11(13)12-10/h3-6H,2,7H2,1H3. The van der Waals surface area contributed by atoms with Gasteiger partial charge in [0.15, 0.2) is 0 Å². The summed E-state index contributed by atoms with van der Waals surface area (Å²) in [5.41, 5.74) is 3.18. The second kappa shape index (κ2) is 3.13. The Labute approximate surface area is 77.3 Å². The molecular formula is C11H11NO. The molecule has 0 fully saturated rings. The predicted molar refractivity (Wildman–Crippen MR) is 52.0 cm³/mol. The first-order valence-electron chi connectivity index (χ1n) is 4.50. The second-order valence-corrected chi connectivity index (χ2v) is 3.14. The molecule has 1 aliphatic heterocycles. The van der Waals surface area contributed by atoms with Crippen LogP contribution >= 0.6 is 0 Å². The average molecular weight is 173 g/mol. The van der Waals surface area contributed by atoms with E-state index in [1.54, 1.807) is 0 Å². The van der Waals surface area contributed by atoms with Crippen LogP contribution in [0.1, 0.15) is 24.5 Å². The van der Waals surface area contributed by atoms with Crippen molar-refractivity contribution in [2.75, 3.05) is 0 Å². The van der Waals surface area contributed by atoms with Crippen molar-refractivity contribution in [3.05, 3.63) is 35.4 Å². The molecule has 13 heavy (non-hydrogen) atoms. The maximum absolute atomic E-state index is 11.2. The van der Waals surface area contributed by atoms with Crippen molar-refractivity contribution < 1.29 is 4.79 Å². The van der Waals surface area contributed by atoms with Gasteiger partial charge in [0.1, 0.15) is 0 Å². The summed E-state index contributed by atoms with van der Waals surface area (Å²) in [5.74, 6) is -0.0180. The third-order valence-electron chi connectivity index (χ3n) is 2.26. The summed E-state index contributed by atoms with van der Waals surface area (Å²) in [5, 5.41) is 0. The summed E-state index contributed by atoms with van der Waals surface area (Å²) in [6.07, 6.45) is 1.28. The van der Waals surface area contributed by atoms with Gasteiger partial charge >= 0.3 is 0 Å². The minimum absolute atomic E-state index is 0.0180. The van der Waals surface area contributed by atoms with Crippen LogP contribution in [0.4, 0.5) is 0 Å². The van der Waals surface area contributed by atoms with Crippen LogP contribution in [0.15, 0.2) is 29.3 Å². The first-order valence-corrected chi connectivity index (χ1v) is 4.50.